The summed E-state index contributed by atoms with van der Waals surface area (Å²) in [7, 11) is 0. The van der Waals surface area contributed by atoms with Crippen molar-refractivity contribution in [2.75, 3.05) is 19.6 Å². The summed E-state index contributed by atoms with van der Waals surface area (Å²) in [4.78, 5) is 2.69. The highest BCUT2D eigenvalue weighted by Gasteiger charge is 2.26. The van der Waals surface area contributed by atoms with Gasteiger partial charge in [-0.1, -0.05) is 12.8 Å². The molecule has 2 fully saturated rings. The molecule has 114 valence electrons. The van der Waals surface area contributed by atoms with Crippen molar-refractivity contribution in [3.05, 3.63) is 0 Å². The molecule has 0 spiro atoms. The van der Waals surface area contributed by atoms with E-state index in [1.165, 1.54) is 64.6 Å². The van der Waals surface area contributed by atoms with E-state index in [-0.39, 0.29) is 5.41 Å². The van der Waals surface area contributed by atoms with E-state index in [0.29, 0.717) is 0 Å². The number of nitrogens with zero attached hydrogens (tertiary/aromatic N) is 2. The lowest BCUT2D eigenvalue weighted by Crippen LogP contribution is -2.46. The Morgan fingerprint density at radius 2 is 2.00 bits per heavy atom. The number of likely N-dealkylation sites (tertiary alicyclic amines) is 1. The van der Waals surface area contributed by atoms with E-state index >= 15 is 0 Å². The van der Waals surface area contributed by atoms with E-state index in [4.69, 9.17) is 5.26 Å². The molecule has 1 atom stereocenters. The molecule has 2 aliphatic rings. The van der Waals surface area contributed by atoms with Crippen LogP contribution in [0.2, 0.25) is 0 Å². The van der Waals surface area contributed by atoms with Crippen molar-refractivity contribution in [1.82, 2.24) is 10.2 Å². The summed E-state index contributed by atoms with van der Waals surface area (Å²) >= 11 is 0. The molecule has 0 amide bonds. The Hall–Kier alpha value is -0.590. The number of rotatable bonds is 8. The maximum atomic E-state index is 9.04. The molecule has 3 heteroatoms. The van der Waals surface area contributed by atoms with E-state index in [9.17, 15) is 0 Å². The molecular formula is C17H31N3. The predicted octanol–water partition coefficient (Wildman–Crippen LogP) is 3.31. The minimum absolute atomic E-state index is 0.144. The lowest BCUT2D eigenvalue weighted by molar-refractivity contribution is 0.141. The van der Waals surface area contributed by atoms with Gasteiger partial charge in [-0.2, -0.15) is 5.26 Å². The minimum atomic E-state index is -0.144. The fourth-order valence-corrected chi connectivity index (χ4v) is 3.11. The molecule has 1 aliphatic carbocycles. The molecule has 2 rings (SSSR count). The van der Waals surface area contributed by atoms with E-state index in [2.05, 4.69) is 30.1 Å². The van der Waals surface area contributed by atoms with E-state index in [1.54, 1.807) is 0 Å². The summed E-state index contributed by atoms with van der Waals surface area (Å²) in [6, 6.07) is 3.99. The van der Waals surface area contributed by atoms with Gasteiger partial charge in [-0.3, -0.25) is 4.90 Å². The van der Waals surface area contributed by atoms with Gasteiger partial charge in [0.2, 0.25) is 0 Å². The molecule has 0 aromatic heterocycles. The lowest BCUT2D eigenvalue weighted by Gasteiger charge is -2.36. The Balaban J connectivity index is 1.64. The highest BCUT2D eigenvalue weighted by Crippen LogP contribution is 2.24. The maximum absolute atomic E-state index is 9.04. The third kappa shape index (κ3) is 5.42. The normalized spacial score (nSPS) is 24.6. The van der Waals surface area contributed by atoms with Crippen LogP contribution in [-0.2, 0) is 0 Å². The van der Waals surface area contributed by atoms with Gasteiger partial charge in [-0.15, -0.1) is 0 Å². The molecule has 0 radical (unpaired) electrons. The summed E-state index contributed by atoms with van der Waals surface area (Å²) in [5.74, 6) is 0. The number of nitrogens with one attached hydrogen (secondary N) is 1. The van der Waals surface area contributed by atoms with Gasteiger partial charge < -0.3 is 5.32 Å². The number of hydrogen-bond donors (Lipinski definition) is 1. The fraction of sp³-hybridized carbons (Fsp3) is 0.941. The van der Waals surface area contributed by atoms with E-state index in [1.807, 2.05) is 0 Å². The van der Waals surface area contributed by atoms with Gasteiger partial charge in [0.05, 0.1) is 11.5 Å². The van der Waals surface area contributed by atoms with Crippen LogP contribution in [0.5, 0.6) is 0 Å². The molecule has 20 heavy (non-hydrogen) atoms. The summed E-state index contributed by atoms with van der Waals surface area (Å²) in [5, 5.41) is 12.7. The molecule has 3 nitrogen and oxygen atoms in total. The summed E-state index contributed by atoms with van der Waals surface area (Å²) in [6.45, 7) is 7.79. The molecule has 1 saturated carbocycles. The molecule has 1 aliphatic heterocycles. The van der Waals surface area contributed by atoms with Crippen molar-refractivity contribution in [2.24, 2.45) is 5.41 Å². The third-order valence-corrected chi connectivity index (χ3v) is 4.77. The molecule has 1 N–H and O–H groups in total. The first-order valence-corrected chi connectivity index (χ1v) is 8.49. The topological polar surface area (TPSA) is 39.1 Å². The van der Waals surface area contributed by atoms with Crippen molar-refractivity contribution in [1.29, 1.82) is 5.26 Å². The Bertz CT molecular complexity index is 328. The summed E-state index contributed by atoms with van der Waals surface area (Å²) < 4.78 is 0. The van der Waals surface area contributed by atoms with Crippen molar-refractivity contribution >= 4 is 0 Å². The zero-order valence-corrected chi connectivity index (χ0v) is 13.3. The standard InChI is InChI=1S/C17H31N3/c1-17(2,14-18)10-4-6-12-20-11-5-3-7-16(20)13-19-15-8-9-15/h15-16,19H,3-13H2,1-2H3. The zero-order chi connectivity index (χ0) is 14.4. The minimum Gasteiger partial charge on any atom is -0.312 e. The van der Waals surface area contributed by atoms with Crippen LogP contribution in [0.1, 0.15) is 65.2 Å². The van der Waals surface area contributed by atoms with Crippen LogP contribution in [0.15, 0.2) is 0 Å². The molecule has 1 saturated heterocycles. The average Bonchev–Trinajstić information content (AvgIpc) is 3.26. The van der Waals surface area contributed by atoms with Gasteiger partial charge in [0.1, 0.15) is 0 Å². The van der Waals surface area contributed by atoms with Crippen LogP contribution in [0.25, 0.3) is 0 Å². The van der Waals surface area contributed by atoms with Crippen molar-refractivity contribution in [3.8, 4) is 6.07 Å². The quantitative estimate of drug-likeness (QED) is 0.692. The van der Waals surface area contributed by atoms with E-state index < -0.39 is 0 Å². The Morgan fingerprint density at radius 3 is 2.70 bits per heavy atom. The summed E-state index contributed by atoms with van der Waals surface area (Å²) in [6.07, 6.45) is 10.3. The van der Waals surface area contributed by atoms with Gasteiger partial charge >= 0.3 is 0 Å². The van der Waals surface area contributed by atoms with Crippen LogP contribution in [0.4, 0.5) is 0 Å². The van der Waals surface area contributed by atoms with Crippen molar-refractivity contribution < 1.29 is 0 Å². The highest BCUT2D eigenvalue weighted by atomic mass is 15.2. The number of unbranched alkanes of at least 4 members (excludes halogenated alkanes) is 1. The SMILES string of the molecule is CC(C)(C#N)CCCCN1CCCCC1CNC1CC1. The van der Waals surface area contributed by atoms with Gasteiger partial charge in [0, 0.05) is 18.6 Å². The molecular weight excluding hydrogens is 246 g/mol. The van der Waals surface area contributed by atoms with Crippen LogP contribution >= 0.6 is 0 Å². The zero-order valence-electron chi connectivity index (χ0n) is 13.3. The van der Waals surface area contributed by atoms with Gasteiger partial charge in [0.25, 0.3) is 0 Å². The van der Waals surface area contributed by atoms with Crippen LogP contribution in [0.3, 0.4) is 0 Å². The Morgan fingerprint density at radius 1 is 1.20 bits per heavy atom. The predicted molar refractivity (Wildman–Crippen MR) is 83.5 cm³/mol. The fourth-order valence-electron chi connectivity index (χ4n) is 3.11. The molecule has 0 aromatic carbocycles. The van der Waals surface area contributed by atoms with Gasteiger partial charge in [0.15, 0.2) is 0 Å². The molecule has 1 heterocycles. The smallest absolute Gasteiger partial charge is 0.0683 e. The second-order valence-electron chi connectivity index (χ2n) is 7.32. The maximum Gasteiger partial charge on any atom is 0.0683 e. The van der Waals surface area contributed by atoms with Gasteiger partial charge in [-0.25, -0.2) is 0 Å². The second kappa shape index (κ2) is 7.43. The first-order chi connectivity index (χ1) is 9.61. The molecule has 0 bridgehead atoms. The molecule has 0 aromatic rings. The molecule has 1 unspecified atom stereocenters. The van der Waals surface area contributed by atoms with Crippen molar-refractivity contribution in [3.63, 3.8) is 0 Å². The van der Waals surface area contributed by atoms with Crippen LogP contribution < -0.4 is 5.32 Å². The Kier molecular flexibility index (Phi) is 5.86. The lowest BCUT2D eigenvalue weighted by atomic mass is 9.89. The first kappa shape index (κ1) is 15.8. The third-order valence-electron chi connectivity index (χ3n) is 4.77. The van der Waals surface area contributed by atoms with E-state index in [0.717, 1.165) is 18.5 Å². The summed E-state index contributed by atoms with van der Waals surface area (Å²) in [5.41, 5.74) is -0.144. The average molecular weight is 277 g/mol. The largest absolute Gasteiger partial charge is 0.312 e. The highest BCUT2D eigenvalue weighted by molar-refractivity contribution is 4.91. The van der Waals surface area contributed by atoms with Crippen LogP contribution in [-0.4, -0.2) is 36.6 Å². The monoisotopic (exact) mass is 277 g/mol. The number of hydrogen-bond acceptors (Lipinski definition) is 3. The second-order valence-corrected chi connectivity index (χ2v) is 7.32. The first-order valence-electron chi connectivity index (χ1n) is 8.49. The number of piperidine rings is 1. The van der Waals surface area contributed by atoms with Crippen LogP contribution in [0, 0.1) is 16.7 Å². The van der Waals surface area contributed by atoms with Crippen molar-refractivity contribution in [2.45, 2.75) is 77.3 Å². The number of nitriles is 1. The van der Waals surface area contributed by atoms with Gasteiger partial charge in [-0.05, 0) is 65.5 Å². The Labute approximate surface area is 124 Å².